The van der Waals surface area contributed by atoms with Crippen molar-refractivity contribution in [1.29, 1.82) is 0 Å². The van der Waals surface area contributed by atoms with Crippen LogP contribution in [0.4, 0.5) is 0 Å². The Bertz CT molecular complexity index is 465. The van der Waals surface area contributed by atoms with Gasteiger partial charge in [-0.05, 0) is 19.1 Å². The third-order valence-electron chi connectivity index (χ3n) is 2.55. The molecule has 0 aliphatic carbocycles. The van der Waals surface area contributed by atoms with Crippen molar-refractivity contribution in [3.63, 3.8) is 0 Å². The predicted octanol–water partition coefficient (Wildman–Crippen LogP) is -3.57. The molecular formula is C11H8NNaO4. The Hall–Kier alpha value is -1.17. The number of carbonyl (C=O) groups excluding carboxylic acids is 3. The molecule has 5 nitrogen and oxygen atoms in total. The van der Waals surface area contributed by atoms with Crippen LogP contribution in [-0.2, 0) is 4.79 Å². The average molecular weight is 241 g/mol. The minimum Gasteiger partial charge on any atom is -0.548 e. The van der Waals surface area contributed by atoms with Crippen molar-refractivity contribution in [2.24, 2.45) is 0 Å². The van der Waals surface area contributed by atoms with Gasteiger partial charge in [0.25, 0.3) is 11.8 Å². The first kappa shape index (κ1) is 13.9. The predicted molar refractivity (Wildman–Crippen MR) is 51.4 cm³/mol. The molecule has 0 fully saturated rings. The molecule has 0 radical (unpaired) electrons. The van der Waals surface area contributed by atoms with E-state index in [1.54, 1.807) is 12.1 Å². The zero-order chi connectivity index (χ0) is 11.9. The molecule has 1 heterocycles. The summed E-state index contributed by atoms with van der Waals surface area (Å²) >= 11 is 0. The van der Waals surface area contributed by atoms with Crippen molar-refractivity contribution in [2.45, 2.75) is 13.0 Å². The molecule has 1 aliphatic rings. The number of aliphatic carboxylic acids is 1. The van der Waals surface area contributed by atoms with Crippen molar-refractivity contribution in [1.82, 2.24) is 4.90 Å². The molecule has 0 aromatic heterocycles. The van der Waals surface area contributed by atoms with E-state index in [9.17, 15) is 19.5 Å². The maximum atomic E-state index is 11.8. The van der Waals surface area contributed by atoms with E-state index in [2.05, 4.69) is 0 Å². The van der Waals surface area contributed by atoms with Gasteiger partial charge >= 0.3 is 29.6 Å². The summed E-state index contributed by atoms with van der Waals surface area (Å²) in [5, 5.41) is 10.7. The third kappa shape index (κ3) is 2.13. The summed E-state index contributed by atoms with van der Waals surface area (Å²) in [4.78, 5) is 34.9. The summed E-state index contributed by atoms with van der Waals surface area (Å²) in [7, 11) is 0. The van der Waals surface area contributed by atoms with Crippen LogP contribution in [0, 0.1) is 0 Å². The molecule has 1 atom stereocenters. The van der Waals surface area contributed by atoms with E-state index in [-0.39, 0.29) is 40.7 Å². The minimum absolute atomic E-state index is 0. The molecule has 1 aliphatic heterocycles. The smallest absolute Gasteiger partial charge is 0.548 e. The molecule has 0 spiro atoms. The summed E-state index contributed by atoms with van der Waals surface area (Å²) < 4.78 is 0. The van der Waals surface area contributed by atoms with Gasteiger partial charge in [0.15, 0.2) is 0 Å². The first-order valence-corrected chi connectivity index (χ1v) is 4.72. The van der Waals surface area contributed by atoms with E-state index >= 15 is 0 Å². The van der Waals surface area contributed by atoms with E-state index in [1.165, 1.54) is 19.1 Å². The first-order valence-electron chi connectivity index (χ1n) is 4.72. The maximum Gasteiger partial charge on any atom is 1.00 e. The Morgan fingerprint density at radius 3 is 1.94 bits per heavy atom. The van der Waals surface area contributed by atoms with Crippen LogP contribution >= 0.6 is 0 Å². The minimum atomic E-state index is -1.45. The molecule has 0 saturated carbocycles. The molecule has 1 aromatic rings. The maximum absolute atomic E-state index is 11.8. The molecule has 1 unspecified atom stereocenters. The van der Waals surface area contributed by atoms with Crippen LogP contribution in [-0.4, -0.2) is 28.7 Å². The Kier molecular flexibility index (Phi) is 4.08. The van der Waals surface area contributed by atoms with E-state index in [0.717, 1.165) is 0 Å². The van der Waals surface area contributed by atoms with Crippen LogP contribution in [0.1, 0.15) is 27.6 Å². The SMILES string of the molecule is CC(C(=O)[O-])N1C(=O)c2ccccc2C1=O.[Na+]. The molecule has 2 rings (SSSR count). The molecule has 0 saturated heterocycles. The van der Waals surface area contributed by atoms with Crippen LogP contribution in [0.25, 0.3) is 0 Å². The summed E-state index contributed by atoms with van der Waals surface area (Å²) in [5.41, 5.74) is 0.473. The summed E-state index contributed by atoms with van der Waals surface area (Å²) in [6.07, 6.45) is 0. The number of carboxylic acids is 1. The van der Waals surface area contributed by atoms with Crippen LogP contribution in [0.5, 0.6) is 0 Å². The van der Waals surface area contributed by atoms with Crippen LogP contribution < -0.4 is 34.7 Å². The standard InChI is InChI=1S/C11H9NO4.Na/c1-6(11(15)16)12-9(13)7-4-2-3-5-8(7)10(12)14;/h2-6H,1H3,(H,15,16);/q;+1/p-1. The third-order valence-corrected chi connectivity index (χ3v) is 2.55. The summed E-state index contributed by atoms with van der Waals surface area (Å²) in [6, 6.07) is 4.98. The van der Waals surface area contributed by atoms with E-state index in [4.69, 9.17) is 0 Å². The second kappa shape index (κ2) is 5.00. The molecule has 6 heteroatoms. The normalized spacial score (nSPS) is 15.2. The second-order valence-electron chi connectivity index (χ2n) is 3.52. The van der Waals surface area contributed by atoms with E-state index in [0.29, 0.717) is 4.90 Å². The average Bonchev–Trinajstić information content (AvgIpc) is 2.52. The van der Waals surface area contributed by atoms with Gasteiger partial charge in [-0.15, -0.1) is 0 Å². The molecule has 17 heavy (non-hydrogen) atoms. The number of carbonyl (C=O) groups is 3. The Balaban J connectivity index is 0.00000144. The molecule has 1 aromatic carbocycles. The number of amides is 2. The van der Waals surface area contributed by atoms with Gasteiger partial charge in [0.2, 0.25) is 0 Å². The quantitative estimate of drug-likeness (QED) is 0.396. The number of imide groups is 1. The summed E-state index contributed by atoms with van der Waals surface area (Å²) in [5.74, 6) is -2.62. The van der Waals surface area contributed by atoms with Crippen molar-refractivity contribution in [3.8, 4) is 0 Å². The number of nitrogens with zero attached hydrogens (tertiary/aromatic N) is 1. The molecule has 2 amide bonds. The molecule has 0 bridgehead atoms. The van der Waals surface area contributed by atoms with Crippen LogP contribution in [0.3, 0.4) is 0 Å². The number of hydrogen-bond acceptors (Lipinski definition) is 4. The fourth-order valence-corrected chi connectivity index (χ4v) is 1.67. The van der Waals surface area contributed by atoms with Crippen molar-refractivity contribution in [3.05, 3.63) is 35.4 Å². The second-order valence-corrected chi connectivity index (χ2v) is 3.52. The first-order chi connectivity index (χ1) is 7.54. The van der Waals surface area contributed by atoms with Gasteiger partial charge in [-0.1, -0.05) is 12.1 Å². The van der Waals surface area contributed by atoms with Crippen LogP contribution in [0.2, 0.25) is 0 Å². The molecular weight excluding hydrogens is 233 g/mol. The van der Waals surface area contributed by atoms with Gasteiger partial charge in [0.1, 0.15) is 0 Å². The van der Waals surface area contributed by atoms with Crippen molar-refractivity contribution < 1.29 is 49.0 Å². The number of benzene rings is 1. The Labute approximate surface area is 120 Å². The monoisotopic (exact) mass is 241 g/mol. The van der Waals surface area contributed by atoms with Gasteiger partial charge in [-0.25, -0.2) is 0 Å². The van der Waals surface area contributed by atoms with E-state index < -0.39 is 23.8 Å². The summed E-state index contributed by atoms with van der Waals surface area (Å²) in [6.45, 7) is 1.25. The Morgan fingerprint density at radius 1 is 1.18 bits per heavy atom. The fraction of sp³-hybridized carbons (Fsp3) is 0.182. The number of hydrogen-bond donors (Lipinski definition) is 0. The number of fused-ring (bicyclic) bond motifs is 1. The largest absolute Gasteiger partial charge is 1.00 e. The topological polar surface area (TPSA) is 77.5 Å². The zero-order valence-corrected chi connectivity index (χ0v) is 11.5. The van der Waals surface area contributed by atoms with E-state index in [1.807, 2.05) is 0 Å². The molecule has 82 valence electrons. The number of carboxylic acid groups (broad SMARTS) is 1. The molecule has 0 N–H and O–H groups in total. The van der Waals surface area contributed by atoms with Gasteiger partial charge < -0.3 is 9.90 Å². The van der Waals surface area contributed by atoms with Gasteiger partial charge in [-0.3, -0.25) is 14.5 Å². The van der Waals surface area contributed by atoms with Gasteiger partial charge in [-0.2, -0.15) is 0 Å². The van der Waals surface area contributed by atoms with Crippen LogP contribution in [0.15, 0.2) is 24.3 Å². The van der Waals surface area contributed by atoms with Crippen molar-refractivity contribution >= 4 is 17.8 Å². The fourth-order valence-electron chi connectivity index (χ4n) is 1.67. The zero-order valence-electron chi connectivity index (χ0n) is 9.47. The Morgan fingerprint density at radius 2 is 1.59 bits per heavy atom. The van der Waals surface area contributed by atoms with Gasteiger partial charge in [0.05, 0.1) is 23.1 Å². The number of rotatable bonds is 2. The van der Waals surface area contributed by atoms with Crippen molar-refractivity contribution in [2.75, 3.05) is 0 Å². The van der Waals surface area contributed by atoms with Gasteiger partial charge in [0, 0.05) is 0 Å².